The summed E-state index contributed by atoms with van der Waals surface area (Å²) in [4.78, 5) is 89.7. The molecule has 2 N–H and O–H groups in total. The van der Waals surface area contributed by atoms with E-state index in [2.05, 4.69) is 44.7 Å². The predicted octanol–water partition coefficient (Wildman–Crippen LogP) is 6.11. The summed E-state index contributed by atoms with van der Waals surface area (Å²) in [5, 5.41) is 28.6. The van der Waals surface area contributed by atoms with Crippen LogP contribution in [0.2, 0.25) is 0 Å². The highest BCUT2D eigenvalue weighted by molar-refractivity contribution is 6.30. The number of carbonyl (C=O) groups excluding carboxylic acids is 4. The van der Waals surface area contributed by atoms with E-state index in [1.807, 2.05) is 48.5 Å². The largest absolute Gasteiger partial charge is 0.423 e. The molecule has 4 heterocycles. The van der Waals surface area contributed by atoms with Crippen LogP contribution in [-0.2, 0) is 41.5 Å². The Morgan fingerprint density at radius 2 is 0.908 bits per heavy atom. The molecule has 382 valence electrons. The molecule has 0 saturated carbocycles. The van der Waals surface area contributed by atoms with Crippen molar-refractivity contribution in [2.24, 2.45) is 0 Å². The van der Waals surface area contributed by atoms with E-state index in [1.54, 1.807) is 57.7 Å². The number of benzene rings is 6. The van der Waals surface area contributed by atoms with Crippen molar-refractivity contribution in [1.29, 1.82) is 10.5 Å². The Morgan fingerprint density at radius 1 is 0.526 bits per heavy atom. The molecule has 0 spiro atoms. The van der Waals surface area contributed by atoms with Crippen molar-refractivity contribution in [3.8, 4) is 12.1 Å². The van der Waals surface area contributed by atoms with Crippen molar-refractivity contribution in [3.63, 3.8) is 0 Å². The van der Waals surface area contributed by atoms with E-state index in [0.29, 0.717) is 74.0 Å². The molecule has 2 aliphatic carbocycles. The fraction of sp³-hybridized carbons (Fsp3) is 0.310. The molecule has 6 aromatic carbocycles. The molecule has 2 aliphatic heterocycles. The minimum absolute atomic E-state index is 0.104. The number of piperidine rings is 2. The number of fused-ring (bicyclic) bond motifs is 2. The van der Waals surface area contributed by atoms with Crippen molar-refractivity contribution in [1.82, 2.24) is 38.7 Å². The molecule has 18 heteroatoms. The molecular formula is C58H52N10O8. The molecule has 0 radical (unpaired) electrons. The number of likely N-dealkylation sites (N-methyl/N-ethyl adjacent to an activating group) is 2. The second kappa shape index (κ2) is 19.1. The van der Waals surface area contributed by atoms with Gasteiger partial charge in [0.2, 0.25) is 0 Å². The number of rotatable bonds is 10. The second-order valence-corrected chi connectivity index (χ2v) is 20.0. The van der Waals surface area contributed by atoms with Gasteiger partial charge >= 0.3 is 23.3 Å². The van der Waals surface area contributed by atoms with Crippen molar-refractivity contribution in [2.75, 3.05) is 40.3 Å². The van der Waals surface area contributed by atoms with Crippen molar-refractivity contribution >= 4 is 67.4 Å². The van der Waals surface area contributed by atoms with Gasteiger partial charge in [0.1, 0.15) is 0 Å². The number of esters is 2. The fourth-order valence-corrected chi connectivity index (χ4v) is 12.8. The van der Waals surface area contributed by atoms with Crippen molar-refractivity contribution in [3.05, 3.63) is 164 Å². The van der Waals surface area contributed by atoms with Crippen LogP contribution in [-0.4, -0.2) is 92.1 Å². The molecule has 2 aromatic heterocycles. The van der Waals surface area contributed by atoms with E-state index < -0.39 is 47.6 Å². The molecule has 4 aliphatic rings. The maximum atomic E-state index is 14.7. The van der Waals surface area contributed by atoms with Gasteiger partial charge in [0.05, 0.1) is 45.3 Å². The molecule has 8 aromatic rings. The molecule has 2 amide bonds. The summed E-state index contributed by atoms with van der Waals surface area (Å²) in [6.07, 6.45) is 0.00961. The molecule has 2 fully saturated rings. The zero-order valence-corrected chi connectivity index (χ0v) is 41.8. The number of nitrogens with zero attached hydrogens (tertiary/aromatic N) is 8. The zero-order valence-electron chi connectivity index (χ0n) is 41.8. The summed E-state index contributed by atoms with van der Waals surface area (Å²) in [6, 6.07) is 38.0. The fourth-order valence-electron chi connectivity index (χ4n) is 12.8. The first kappa shape index (κ1) is 48.1. The normalized spacial score (nSPS) is 18.6. The van der Waals surface area contributed by atoms with Gasteiger partial charge in [0.15, 0.2) is 0 Å². The summed E-state index contributed by atoms with van der Waals surface area (Å²) >= 11 is 0. The molecule has 0 bridgehead atoms. The number of nitrogens with one attached hydrogen (secondary N) is 2. The van der Waals surface area contributed by atoms with Gasteiger partial charge in [-0.3, -0.25) is 28.5 Å². The third-order valence-corrected chi connectivity index (χ3v) is 16.4. The van der Waals surface area contributed by atoms with Gasteiger partial charge in [0, 0.05) is 75.2 Å². The second-order valence-electron chi connectivity index (χ2n) is 20.0. The van der Waals surface area contributed by atoms with Crippen LogP contribution in [0.25, 0.3) is 43.6 Å². The Hall–Kier alpha value is -8.84. The molecule has 12 rings (SSSR count). The first-order valence-corrected chi connectivity index (χ1v) is 25.7. The van der Waals surface area contributed by atoms with Gasteiger partial charge < -0.3 is 20.1 Å². The van der Waals surface area contributed by atoms with Crippen molar-refractivity contribution < 1.29 is 28.7 Å². The topological polar surface area (TPSA) is 219 Å². The lowest BCUT2D eigenvalue weighted by Crippen LogP contribution is -2.44. The summed E-state index contributed by atoms with van der Waals surface area (Å²) in [5.41, 5.74) is 6.34. The number of imidazole rings is 2. The summed E-state index contributed by atoms with van der Waals surface area (Å²) in [7, 11) is 2.61. The highest BCUT2D eigenvalue weighted by atomic mass is 16.6. The lowest BCUT2D eigenvalue weighted by Gasteiger charge is -2.37. The first-order valence-electron chi connectivity index (χ1n) is 25.7. The van der Waals surface area contributed by atoms with E-state index in [-0.39, 0.29) is 35.2 Å². The van der Waals surface area contributed by atoms with Crippen LogP contribution in [0.5, 0.6) is 0 Å². The maximum Gasteiger partial charge on any atom is 0.419 e. The third-order valence-electron chi connectivity index (χ3n) is 16.4. The quantitative estimate of drug-likeness (QED) is 0.117. The Morgan fingerprint density at radius 3 is 1.28 bits per heavy atom. The molecule has 2 saturated heterocycles. The molecular weight excluding hydrogens is 965 g/mol. The maximum absolute atomic E-state index is 14.7. The lowest BCUT2D eigenvalue weighted by molar-refractivity contribution is -0.182. The van der Waals surface area contributed by atoms with Gasteiger partial charge in [-0.2, -0.15) is 10.5 Å². The Kier molecular flexibility index (Phi) is 12.1. The van der Waals surface area contributed by atoms with Gasteiger partial charge in [-0.15, -0.1) is 0 Å². The van der Waals surface area contributed by atoms with Crippen molar-refractivity contribution in [2.45, 2.75) is 75.1 Å². The van der Waals surface area contributed by atoms with Crippen LogP contribution in [0.4, 0.5) is 0 Å². The van der Waals surface area contributed by atoms with Crippen LogP contribution >= 0.6 is 0 Å². The van der Waals surface area contributed by atoms with Crippen LogP contribution in [0.15, 0.2) is 119 Å². The monoisotopic (exact) mass is 1020 g/mol. The zero-order chi connectivity index (χ0) is 52.5. The van der Waals surface area contributed by atoms with E-state index >= 15 is 0 Å². The molecule has 18 nitrogen and oxygen atoms in total. The summed E-state index contributed by atoms with van der Waals surface area (Å²) in [5.74, 6) is -5.17. The van der Waals surface area contributed by atoms with Gasteiger partial charge in [-0.25, -0.2) is 28.3 Å². The van der Waals surface area contributed by atoms with Crippen LogP contribution in [0, 0.1) is 22.7 Å². The average Bonchev–Trinajstić information content (AvgIpc) is 4.27. The summed E-state index contributed by atoms with van der Waals surface area (Å²) < 4.78 is 16.6. The van der Waals surface area contributed by atoms with Gasteiger partial charge in [-0.1, -0.05) is 72.8 Å². The Bertz CT molecular complexity index is 3700. The highest BCUT2D eigenvalue weighted by Crippen LogP contribution is 2.45. The number of para-hydroxylation sites is 4. The minimum Gasteiger partial charge on any atom is -0.423 e. The summed E-state index contributed by atoms with van der Waals surface area (Å²) in [6.45, 7) is 2.63. The van der Waals surface area contributed by atoms with E-state index in [0.717, 1.165) is 43.5 Å². The molecule has 76 heavy (non-hydrogen) atoms. The van der Waals surface area contributed by atoms with Gasteiger partial charge in [0.25, 0.3) is 24.3 Å². The number of ether oxygens (including phenoxy) is 2. The number of carbonyl (C=O) groups is 4. The van der Waals surface area contributed by atoms with Gasteiger partial charge in [-0.05, 0) is 108 Å². The van der Waals surface area contributed by atoms with Crippen LogP contribution < -0.4 is 22.0 Å². The number of likely N-dealkylation sites (tertiary alicyclic amines) is 2. The standard InChI is InChI=1S/C58H52N10O8/c1-61-51(69)53(67-45-15-5-3-13-43(45)65(57(67)73)37-21-25-63(26-22-37)47-29-33-17-19-35(31-59)39-9-7-11-41(47)49(33)39)75-55(71)56(72)76-54(52(70)62-2)68-46-16-6-4-14-44(46)66(58(68)74)38-23-27-64(28-24-38)48-30-34-18-20-36(32-60)40-10-8-12-42(48)50(34)40/h3-20,37-38,47-48,53-54H,21-30H2,1-2H3,(H,61,69)(H,62,70). The smallest absolute Gasteiger partial charge is 0.419 e. The molecule has 4 atom stereocenters. The highest BCUT2D eigenvalue weighted by Gasteiger charge is 2.40. The SMILES string of the molecule is CNC(=O)C(OC(=O)C(=O)OC(C(=O)NC)n1c(=O)n(C2CCN(C3Cc4ccc(C#N)c5cccc3c45)CC2)c2ccccc21)n1c(=O)n(C2CCN(C3Cc4ccc(C#N)c5cccc3c45)CC2)c2ccccc21. The number of nitriles is 2. The number of hydrogen-bond acceptors (Lipinski definition) is 12. The average molecular weight is 1020 g/mol. The van der Waals surface area contributed by atoms with E-state index in [9.17, 15) is 39.3 Å². The van der Waals surface area contributed by atoms with Crippen LogP contribution in [0.3, 0.4) is 0 Å². The predicted molar refractivity (Wildman–Crippen MR) is 281 cm³/mol. The van der Waals surface area contributed by atoms with E-state index in [1.165, 1.54) is 36.3 Å². The van der Waals surface area contributed by atoms with Crippen LogP contribution in [0.1, 0.15) is 95.7 Å². The minimum atomic E-state index is -1.98. The lowest BCUT2D eigenvalue weighted by atomic mass is 9.98. The third kappa shape index (κ3) is 7.66. The Labute approximate surface area is 434 Å². The molecule has 4 unspecified atom stereocenters. The first-order chi connectivity index (χ1) is 37.0. The Balaban J connectivity index is 0.778. The number of hydrogen-bond donors (Lipinski definition) is 2. The number of amides is 2. The van der Waals surface area contributed by atoms with E-state index in [4.69, 9.17) is 9.47 Å². The number of aromatic nitrogens is 4.